The first-order valence-electron chi connectivity index (χ1n) is 8.46. The van der Waals surface area contributed by atoms with E-state index in [0.29, 0.717) is 0 Å². The minimum atomic E-state index is 0.220. The number of rotatable bonds is 4. The Balaban J connectivity index is 1.88. The number of halogens is 1. The smallest absolute Gasteiger partial charge is 0.0413 e. The van der Waals surface area contributed by atoms with Gasteiger partial charge in [0.2, 0.25) is 0 Å². The summed E-state index contributed by atoms with van der Waals surface area (Å²) < 4.78 is 1.18. The molecule has 0 aromatic heterocycles. The molecule has 3 rings (SSSR count). The van der Waals surface area contributed by atoms with Crippen molar-refractivity contribution in [2.45, 2.75) is 64.0 Å². The van der Waals surface area contributed by atoms with Crippen LogP contribution < -0.4 is 10.6 Å². The van der Waals surface area contributed by atoms with E-state index in [2.05, 4.69) is 46.0 Å². The summed E-state index contributed by atoms with van der Waals surface area (Å²) >= 11 is 3.66. The first-order valence-corrected chi connectivity index (χ1v) is 9.25. The molecule has 1 aliphatic carbocycles. The Bertz CT molecular complexity index is 480. The van der Waals surface area contributed by atoms with Gasteiger partial charge in [0.05, 0.1) is 0 Å². The monoisotopic (exact) mass is 350 g/mol. The van der Waals surface area contributed by atoms with Crippen LogP contribution in [0, 0.1) is 5.92 Å². The molecular weight excluding hydrogens is 324 g/mol. The van der Waals surface area contributed by atoms with Crippen molar-refractivity contribution < 1.29 is 0 Å². The highest BCUT2D eigenvalue weighted by Gasteiger charge is 2.34. The Morgan fingerprint density at radius 1 is 1.24 bits per heavy atom. The van der Waals surface area contributed by atoms with E-state index < -0.39 is 0 Å². The number of benzene rings is 1. The molecule has 2 N–H and O–H groups in total. The third kappa shape index (κ3) is 3.45. The van der Waals surface area contributed by atoms with Crippen molar-refractivity contribution in [1.82, 2.24) is 0 Å². The van der Waals surface area contributed by atoms with Gasteiger partial charge in [-0.25, -0.2) is 0 Å². The van der Waals surface area contributed by atoms with Gasteiger partial charge in [0.1, 0.15) is 0 Å². The summed E-state index contributed by atoms with van der Waals surface area (Å²) in [6, 6.07) is 7.70. The predicted molar refractivity (Wildman–Crippen MR) is 93.8 cm³/mol. The van der Waals surface area contributed by atoms with E-state index in [1.807, 2.05) is 0 Å². The normalized spacial score (nSPS) is 24.7. The molecule has 0 radical (unpaired) electrons. The molecule has 0 bridgehead atoms. The van der Waals surface area contributed by atoms with Crippen molar-refractivity contribution in [2.24, 2.45) is 11.7 Å². The molecule has 2 nitrogen and oxygen atoms in total. The van der Waals surface area contributed by atoms with Gasteiger partial charge in [0.15, 0.2) is 0 Å². The van der Waals surface area contributed by atoms with Gasteiger partial charge in [-0.15, -0.1) is 0 Å². The average molecular weight is 351 g/mol. The zero-order valence-corrected chi connectivity index (χ0v) is 14.6. The van der Waals surface area contributed by atoms with Crippen molar-refractivity contribution in [3.63, 3.8) is 0 Å². The topological polar surface area (TPSA) is 29.3 Å². The molecule has 1 aromatic rings. The van der Waals surface area contributed by atoms with Crippen LogP contribution in [0.1, 0.15) is 51.0 Å². The highest BCUT2D eigenvalue weighted by Crippen LogP contribution is 2.39. The number of nitrogens with two attached hydrogens (primary N) is 1. The third-order valence-electron chi connectivity index (χ3n) is 5.14. The molecule has 1 saturated heterocycles. The largest absolute Gasteiger partial charge is 0.368 e. The molecule has 0 amide bonds. The zero-order chi connectivity index (χ0) is 14.8. The summed E-state index contributed by atoms with van der Waals surface area (Å²) in [6.45, 7) is 3.31. The summed E-state index contributed by atoms with van der Waals surface area (Å²) in [5.41, 5.74) is 8.90. The van der Waals surface area contributed by atoms with Crippen LogP contribution in [0.4, 0.5) is 5.69 Å². The Hall–Kier alpha value is -0.540. The summed E-state index contributed by atoms with van der Waals surface area (Å²) in [6.07, 6.45) is 9.40. The van der Waals surface area contributed by atoms with Crippen LogP contribution in [-0.4, -0.2) is 18.6 Å². The second kappa shape index (κ2) is 6.70. The van der Waals surface area contributed by atoms with E-state index in [0.717, 1.165) is 18.4 Å². The summed E-state index contributed by atoms with van der Waals surface area (Å²) in [4.78, 5) is 2.69. The predicted octanol–water partition coefficient (Wildman–Crippen LogP) is 4.50. The third-order valence-corrected chi connectivity index (χ3v) is 5.64. The van der Waals surface area contributed by atoms with Crippen LogP contribution in [0.15, 0.2) is 22.7 Å². The molecule has 0 spiro atoms. The molecule has 2 fully saturated rings. The maximum Gasteiger partial charge on any atom is 0.0413 e. The Kier molecular flexibility index (Phi) is 4.90. The van der Waals surface area contributed by atoms with Gasteiger partial charge < -0.3 is 10.6 Å². The minimum Gasteiger partial charge on any atom is -0.368 e. The lowest BCUT2D eigenvalue weighted by atomic mass is 9.95. The standard InChI is InChI=1S/C18H27BrN2/c1-13(20)11-15-8-9-16(19)12-18(15)21-10-4-7-17(21)14-5-2-3-6-14/h8-9,12-14,17H,2-7,10-11,20H2,1H3. The minimum absolute atomic E-state index is 0.220. The Morgan fingerprint density at radius 3 is 2.71 bits per heavy atom. The van der Waals surface area contributed by atoms with Crippen LogP contribution in [0.3, 0.4) is 0 Å². The molecule has 2 atom stereocenters. The van der Waals surface area contributed by atoms with E-state index in [1.54, 1.807) is 0 Å². The summed E-state index contributed by atoms with van der Waals surface area (Å²) in [5.74, 6) is 0.912. The van der Waals surface area contributed by atoms with Crippen molar-refractivity contribution in [3.05, 3.63) is 28.2 Å². The Morgan fingerprint density at radius 2 is 2.00 bits per heavy atom. The molecule has 1 aromatic carbocycles. The lowest BCUT2D eigenvalue weighted by molar-refractivity contribution is 0.430. The lowest BCUT2D eigenvalue weighted by Gasteiger charge is -2.33. The van der Waals surface area contributed by atoms with Crippen molar-refractivity contribution >= 4 is 21.6 Å². The van der Waals surface area contributed by atoms with Gasteiger partial charge >= 0.3 is 0 Å². The van der Waals surface area contributed by atoms with Crippen LogP contribution in [-0.2, 0) is 6.42 Å². The zero-order valence-electron chi connectivity index (χ0n) is 13.0. The second-order valence-electron chi connectivity index (χ2n) is 6.90. The van der Waals surface area contributed by atoms with Crippen molar-refractivity contribution in [2.75, 3.05) is 11.4 Å². The molecule has 116 valence electrons. The fraction of sp³-hybridized carbons (Fsp3) is 0.667. The van der Waals surface area contributed by atoms with E-state index in [4.69, 9.17) is 5.73 Å². The van der Waals surface area contributed by atoms with Crippen LogP contribution in [0.25, 0.3) is 0 Å². The van der Waals surface area contributed by atoms with Crippen LogP contribution in [0.2, 0.25) is 0 Å². The molecule has 1 heterocycles. The SMILES string of the molecule is CC(N)Cc1ccc(Br)cc1N1CCCC1C1CCCC1. The fourth-order valence-corrected chi connectivity index (χ4v) is 4.60. The molecule has 2 unspecified atom stereocenters. The van der Waals surface area contributed by atoms with Crippen molar-refractivity contribution in [3.8, 4) is 0 Å². The van der Waals surface area contributed by atoms with Crippen LogP contribution >= 0.6 is 15.9 Å². The molecule has 3 heteroatoms. The second-order valence-corrected chi connectivity index (χ2v) is 7.82. The average Bonchev–Trinajstić information content (AvgIpc) is 3.09. The molecular formula is C18H27BrN2. The van der Waals surface area contributed by atoms with E-state index in [9.17, 15) is 0 Å². The number of hydrogen-bond acceptors (Lipinski definition) is 2. The number of anilines is 1. The van der Waals surface area contributed by atoms with E-state index in [1.165, 1.54) is 60.8 Å². The number of nitrogens with zero attached hydrogens (tertiary/aromatic N) is 1. The Labute approximate surface area is 137 Å². The first kappa shape index (κ1) is 15.4. The summed E-state index contributed by atoms with van der Waals surface area (Å²) in [7, 11) is 0. The van der Waals surface area contributed by atoms with Gasteiger partial charge in [-0.3, -0.25) is 0 Å². The maximum absolute atomic E-state index is 6.06. The van der Waals surface area contributed by atoms with Crippen molar-refractivity contribution in [1.29, 1.82) is 0 Å². The maximum atomic E-state index is 6.06. The van der Waals surface area contributed by atoms with E-state index in [-0.39, 0.29) is 6.04 Å². The first-order chi connectivity index (χ1) is 10.1. The highest BCUT2D eigenvalue weighted by molar-refractivity contribution is 9.10. The van der Waals surface area contributed by atoms with Crippen LogP contribution in [0.5, 0.6) is 0 Å². The molecule has 1 aliphatic heterocycles. The van der Waals surface area contributed by atoms with Gasteiger partial charge in [-0.05, 0) is 62.6 Å². The highest BCUT2D eigenvalue weighted by atomic mass is 79.9. The van der Waals surface area contributed by atoms with E-state index >= 15 is 0 Å². The van der Waals surface area contributed by atoms with Gasteiger partial charge in [-0.1, -0.05) is 34.8 Å². The lowest BCUT2D eigenvalue weighted by Crippen LogP contribution is -2.35. The molecule has 1 saturated carbocycles. The number of hydrogen-bond donors (Lipinski definition) is 1. The molecule has 2 aliphatic rings. The van der Waals surface area contributed by atoms with Gasteiger partial charge in [-0.2, -0.15) is 0 Å². The fourth-order valence-electron chi connectivity index (χ4n) is 4.25. The van der Waals surface area contributed by atoms with Gasteiger partial charge in [0.25, 0.3) is 0 Å². The summed E-state index contributed by atoms with van der Waals surface area (Å²) in [5, 5.41) is 0. The quantitative estimate of drug-likeness (QED) is 0.866. The molecule has 21 heavy (non-hydrogen) atoms. The van der Waals surface area contributed by atoms with Gasteiger partial charge in [0, 0.05) is 28.8 Å².